The number of hydrogen-bond acceptors (Lipinski definition) is 2. The SMILES string of the molecule is CNC(c1ccnn1C)C1CCc2ccccc21. The summed E-state index contributed by atoms with van der Waals surface area (Å²) >= 11 is 0. The molecular weight excluding hydrogens is 222 g/mol. The normalized spacial score (nSPS) is 19.8. The van der Waals surface area contributed by atoms with E-state index in [1.807, 2.05) is 25.0 Å². The molecular formula is C15H19N3. The highest BCUT2D eigenvalue weighted by Crippen LogP contribution is 2.41. The van der Waals surface area contributed by atoms with Gasteiger partial charge in [-0.25, -0.2) is 0 Å². The summed E-state index contributed by atoms with van der Waals surface area (Å²) in [7, 11) is 4.05. The molecule has 0 fully saturated rings. The molecule has 2 unspecified atom stereocenters. The first-order valence-corrected chi connectivity index (χ1v) is 6.54. The molecule has 1 aromatic carbocycles. The summed E-state index contributed by atoms with van der Waals surface area (Å²) in [5.74, 6) is 0.557. The monoisotopic (exact) mass is 241 g/mol. The maximum atomic E-state index is 4.29. The van der Waals surface area contributed by atoms with Crippen LogP contribution in [0.25, 0.3) is 0 Å². The van der Waals surface area contributed by atoms with Crippen LogP contribution >= 0.6 is 0 Å². The molecule has 1 aromatic heterocycles. The lowest BCUT2D eigenvalue weighted by Gasteiger charge is -2.24. The molecule has 0 aliphatic heterocycles. The third kappa shape index (κ3) is 1.75. The van der Waals surface area contributed by atoms with Crippen molar-refractivity contribution in [2.75, 3.05) is 7.05 Å². The van der Waals surface area contributed by atoms with E-state index in [-0.39, 0.29) is 0 Å². The standard InChI is InChI=1S/C15H19N3/c1-16-15(14-9-10-17-18(14)2)13-8-7-11-5-3-4-6-12(11)13/h3-6,9-10,13,15-16H,7-8H2,1-2H3. The first-order valence-electron chi connectivity index (χ1n) is 6.54. The Kier molecular flexibility index (Phi) is 2.92. The smallest absolute Gasteiger partial charge is 0.0559 e. The number of aromatic nitrogens is 2. The Hall–Kier alpha value is -1.61. The Bertz CT molecular complexity index is 544. The van der Waals surface area contributed by atoms with Gasteiger partial charge in [-0.15, -0.1) is 0 Å². The minimum Gasteiger partial charge on any atom is -0.311 e. The van der Waals surface area contributed by atoms with E-state index >= 15 is 0 Å². The Morgan fingerprint density at radius 1 is 1.33 bits per heavy atom. The molecule has 3 rings (SSSR count). The summed E-state index contributed by atoms with van der Waals surface area (Å²) in [6, 6.07) is 11.3. The van der Waals surface area contributed by atoms with E-state index in [0.717, 1.165) is 0 Å². The molecule has 94 valence electrons. The summed E-state index contributed by atoms with van der Waals surface area (Å²) in [6.07, 6.45) is 4.29. The van der Waals surface area contributed by atoms with E-state index in [1.54, 1.807) is 0 Å². The van der Waals surface area contributed by atoms with Gasteiger partial charge < -0.3 is 5.32 Å². The van der Waals surface area contributed by atoms with Gasteiger partial charge in [-0.2, -0.15) is 5.10 Å². The molecule has 1 heterocycles. The van der Waals surface area contributed by atoms with Crippen LogP contribution in [0.4, 0.5) is 0 Å². The van der Waals surface area contributed by atoms with Crippen LogP contribution in [0.15, 0.2) is 36.5 Å². The number of fused-ring (bicyclic) bond motifs is 1. The van der Waals surface area contributed by atoms with Gasteiger partial charge in [0.15, 0.2) is 0 Å². The highest BCUT2D eigenvalue weighted by molar-refractivity contribution is 5.37. The Labute approximate surface area is 108 Å². The summed E-state index contributed by atoms with van der Waals surface area (Å²) in [5.41, 5.74) is 4.27. The van der Waals surface area contributed by atoms with Crippen LogP contribution in [0.3, 0.4) is 0 Å². The molecule has 3 heteroatoms. The molecule has 0 saturated carbocycles. The third-order valence-electron chi connectivity index (χ3n) is 4.07. The molecule has 1 N–H and O–H groups in total. The van der Waals surface area contributed by atoms with Crippen molar-refractivity contribution in [3.63, 3.8) is 0 Å². The second kappa shape index (κ2) is 4.58. The van der Waals surface area contributed by atoms with E-state index < -0.39 is 0 Å². The van der Waals surface area contributed by atoms with Crippen molar-refractivity contribution in [1.82, 2.24) is 15.1 Å². The first-order chi connectivity index (χ1) is 8.81. The van der Waals surface area contributed by atoms with Crippen molar-refractivity contribution < 1.29 is 0 Å². The van der Waals surface area contributed by atoms with Gasteiger partial charge in [0.1, 0.15) is 0 Å². The Morgan fingerprint density at radius 3 is 2.89 bits per heavy atom. The first kappa shape index (κ1) is 11.5. The summed E-state index contributed by atoms with van der Waals surface area (Å²) in [6.45, 7) is 0. The van der Waals surface area contributed by atoms with Gasteiger partial charge in [-0.1, -0.05) is 24.3 Å². The summed E-state index contributed by atoms with van der Waals surface area (Å²) in [5, 5.41) is 7.76. The molecule has 0 bridgehead atoms. The number of rotatable bonds is 3. The van der Waals surface area contributed by atoms with Crippen LogP contribution in [0.1, 0.15) is 35.2 Å². The van der Waals surface area contributed by atoms with Crippen molar-refractivity contribution in [1.29, 1.82) is 0 Å². The zero-order valence-electron chi connectivity index (χ0n) is 10.9. The van der Waals surface area contributed by atoms with E-state index in [0.29, 0.717) is 12.0 Å². The van der Waals surface area contributed by atoms with Crippen LogP contribution in [-0.2, 0) is 13.5 Å². The Balaban J connectivity index is 1.98. The lowest BCUT2D eigenvalue weighted by molar-refractivity contribution is 0.448. The number of nitrogens with zero attached hydrogens (tertiary/aromatic N) is 2. The molecule has 1 aliphatic rings. The van der Waals surface area contributed by atoms with Crippen LogP contribution in [-0.4, -0.2) is 16.8 Å². The molecule has 0 saturated heterocycles. The van der Waals surface area contributed by atoms with E-state index in [1.165, 1.54) is 29.7 Å². The highest BCUT2D eigenvalue weighted by atomic mass is 15.3. The third-order valence-corrected chi connectivity index (χ3v) is 4.07. The van der Waals surface area contributed by atoms with Crippen molar-refractivity contribution in [3.05, 3.63) is 53.3 Å². The maximum absolute atomic E-state index is 4.29. The summed E-state index contributed by atoms with van der Waals surface area (Å²) < 4.78 is 1.97. The molecule has 2 aromatic rings. The van der Waals surface area contributed by atoms with E-state index in [2.05, 4.69) is 40.7 Å². The number of likely N-dealkylation sites (N-methyl/N-ethyl adjacent to an activating group) is 1. The number of aryl methyl sites for hydroxylation is 2. The Morgan fingerprint density at radius 2 is 2.17 bits per heavy atom. The number of hydrogen-bond donors (Lipinski definition) is 1. The zero-order chi connectivity index (χ0) is 12.5. The minimum absolute atomic E-state index is 0.348. The van der Waals surface area contributed by atoms with Gasteiger partial charge in [-0.3, -0.25) is 4.68 Å². The second-order valence-electron chi connectivity index (χ2n) is 4.99. The lowest BCUT2D eigenvalue weighted by Crippen LogP contribution is -2.25. The van der Waals surface area contributed by atoms with Crippen LogP contribution in [0.2, 0.25) is 0 Å². The van der Waals surface area contributed by atoms with Crippen molar-refractivity contribution in [3.8, 4) is 0 Å². The van der Waals surface area contributed by atoms with Gasteiger partial charge in [0.2, 0.25) is 0 Å². The number of benzene rings is 1. The van der Waals surface area contributed by atoms with E-state index in [4.69, 9.17) is 0 Å². The van der Waals surface area contributed by atoms with Crippen LogP contribution in [0, 0.1) is 0 Å². The fraction of sp³-hybridized carbons (Fsp3) is 0.400. The molecule has 0 spiro atoms. The zero-order valence-corrected chi connectivity index (χ0v) is 10.9. The average Bonchev–Trinajstić information content (AvgIpc) is 2.99. The average molecular weight is 241 g/mol. The van der Waals surface area contributed by atoms with Crippen molar-refractivity contribution in [2.45, 2.75) is 24.8 Å². The largest absolute Gasteiger partial charge is 0.311 e. The molecule has 1 aliphatic carbocycles. The molecule has 0 radical (unpaired) electrons. The molecule has 3 nitrogen and oxygen atoms in total. The molecule has 0 amide bonds. The topological polar surface area (TPSA) is 29.9 Å². The van der Waals surface area contributed by atoms with Crippen LogP contribution < -0.4 is 5.32 Å². The van der Waals surface area contributed by atoms with Crippen molar-refractivity contribution >= 4 is 0 Å². The van der Waals surface area contributed by atoms with Gasteiger partial charge in [0.25, 0.3) is 0 Å². The molecule has 18 heavy (non-hydrogen) atoms. The van der Waals surface area contributed by atoms with Crippen LogP contribution in [0.5, 0.6) is 0 Å². The number of nitrogens with one attached hydrogen (secondary N) is 1. The minimum atomic E-state index is 0.348. The van der Waals surface area contributed by atoms with E-state index in [9.17, 15) is 0 Å². The molecule has 2 atom stereocenters. The second-order valence-corrected chi connectivity index (χ2v) is 4.99. The maximum Gasteiger partial charge on any atom is 0.0559 e. The quantitative estimate of drug-likeness (QED) is 0.894. The van der Waals surface area contributed by atoms with Gasteiger partial charge in [0.05, 0.1) is 11.7 Å². The van der Waals surface area contributed by atoms with Crippen molar-refractivity contribution in [2.24, 2.45) is 7.05 Å². The highest BCUT2D eigenvalue weighted by Gasteiger charge is 2.30. The summed E-state index contributed by atoms with van der Waals surface area (Å²) in [4.78, 5) is 0. The van der Waals surface area contributed by atoms with Gasteiger partial charge >= 0.3 is 0 Å². The van der Waals surface area contributed by atoms with Gasteiger partial charge in [-0.05, 0) is 37.1 Å². The predicted octanol–water partition coefficient (Wildman–Crippen LogP) is 2.41. The lowest BCUT2D eigenvalue weighted by atomic mass is 9.91. The fourth-order valence-corrected chi connectivity index (χ4v) is 3.18. The fourth-order valence-electron chi connectivity index (χ4n) is 3.18. The predicted molar refractivity (Wildman–Crippen MR) is 72.5 cm³/mol. The van der Waals surface area contributed by atoms with Gasteiger partial charge in [0, 0.05) is 19.2 Å².